The molecule has 1 aliphatic rings. The second-order valence-electron chi connectivity index (χ2n) is 8.07. The Labute approximate surface area is 188 Å². The number of ether oxygens (including phenoxy) is 2. The molecule has 2 N–H and O–H groups in total. The van der Waals surface area contributed by atoms with Gasteiger partial charge in [-0.05, 0) is 50.1 Å². The third kappa shape index (κ3) is 4.89. The first kappa shape index (κ1) is 21.8. The summed E-state index contributed by atoms with van der Waals surface area (Å²) in [4.78, 5) is 12.4. The number of nitrogens with one attached hydrogen (secondary N) is 2. The molecule has 1 saturated heterocycles. The zero-order chi connectivity index (χ0) is 22.4. The molecule has 3 aromatic rings. The highest BCUT2D eigenvalue weighted by molar-refractivity contribution is 6.02. The van der Waals surface area contributed by atoms with Crippen molar-refractivity contribution in [1.82, 2.24) is 10.2 Å². The molecule has 166 valence electrons. The molecule has 0 atom stereocenters. The van der Waals surface area contributed by atoms with Gasteiger partial charge >= 0.3 is 0 Å². The fourth-order valence-corrected chi connectivity index (χ4v) is 4.06. The quantitative estimate of drug-likeness (QED) is 0.582. The van der Waals surface area contributed by atoms with Crippen LogP contribution in [-0.2, 0) is 10.2 Å². The maximum atomic E-state index is 12.4. The fourth-order valence-electron chi connectivity index (χ4n) is 4.06. The van der Waals surface area contributed by atoms with Gasteiger partial charge in [-0.3, -0.25) is 4.79 Å². The Kier molecular flexibility index (Phi) is 6.66. The smallest absolute Gasteiger partial charge is 0.276 e. The van der Waals surface area contributed by atoms with Crippen LogP contribution in [0.4, 0.5) is 11.5 Å². The molecule has 1 fully saturated rings. The maximum absolute atomic E-state index is 12.4. The van der Waals surface area contributed by atoms with Gasteiger partial charge in [-0.25, -0.2) is 0 Å². The van der Waals surface area contributed by atoms with Crippen molar-refractivity contribution in [2.45, 2.75) is 25.2 Å². The maximum Gasteiger partial charge on any atom is 0.276 e. The summed E-state index contributed by atoms with van der Waals surface area (Å²) in [5.74, 6) is 1.22. The number of amides is 1. The molecule has 7 heteroatoms. The van der Waals surface area contributed by atoms with Crippen LogP contribution in [0.5, 0.6) is 5.75 Å². The van der Waals surface area contributed by atoms with E-state index in [9.17, 15) is 4.79 Å². The number of methoxy groups -OCH3 is 1. The monoisotopic (exact) mass is 432 g/mol. The van der Waals surface area contributed by atoms with Gasteiger partial charge in [-0.1, -0.05) is 35.9 Å². The van der Waals surface area contributed by atoms with E-state index in [1.54, 1.807) is 19.2 Å². The summed E-state index contributed by atoms with van der Waals surface area (Å²) in [6.45, 7) is 4.15. The molecule has 0 saturated carbocycles. The van der Waals surface area contributed by atoms with Crippen LogP contribution < -0.4 is 15.4 Å². The van der Waals surface area contributed by atoms with E-state index in [2.05, 4.69) is 39.9 Å². The third-order valence-corrected chi connectivity index (χ3v) is 5.91. The van der Waals surface area contributed by atoms with Crippen LogP contribution in [0.3, 0.4) is 0 Å². The van der Waals surface area contributed by atoms with Crippen LogP contribution in [-0.4, -0.2) is 43.0 Å². The predicted octanol–water partition coefficient (Wildman–Crippen LogP) is 4.21. The Morgan fingerprint density at radius 3 is 2.53 bits per heavy atom. The molecule has 0 aliphatic carbocycles. The number of aromatic nitrogens is 2. The lowest BCUT2D eigenvalue weighted by atomic mass is 9.73. The molecule has 7 nitrogen and oxygen atoms in total. The highest BCUT2D eigenvalue weighted by Crippen LogP contribution is 2.40. The van der Waals surface area contributed by atoms with E-state index in [1.807, 2.05) is 36.4 Å². The van der Waals surface area contributed by atoms with E-state index in [0.29, 0.717) is 25.6 Å². The molecule has 2 aromatic carbocycles. The Bertz CT molecular complexity index is 1050. The molecule has 1 amide bonds. The van der Waals surface area contributed by atoms with Crippen molar-refractivity contribution in [2.24, 2.45) is 0 Å². The Morgan fingerprint density at radius 1 is 1.06 bits per heavy atom. The van der Waals surface area contributed by atoms with Crippen molar-refractivity contribution in [3.05, 3.63) is 77.5 Å². The van der Waals surface area contributed by atoms with E-state index in [4.69, 9.17) is 9.47 Å². The van der Waals surface area contributed by atoms with Crippen molar-refractivity contribution >= 4 is 17.4 Å². The van der Waals surface area contributed by atoms with Crippen LogP contribution in [0.15, 0.2) is 60.7 Å². The zero-order valence-electron chi connectivity index (χ0n) is 18.4. The molecule has 0 bridgehead atoms. The third-order valence-electron chi connectivity index (χ3n) is 5.91. The summed E-state index contributed by atoms with van der Waals surface area (Å²) in [7, 11) is 1.71. The highest BCUT2D eigenvalue weighted by atomic mass is 16.5. The lowest BCUT2D eigenvalue weighted by Gasteiger charge is -2.39. The normalized spacial score (nSPS) is 15.1. The Hall–Kier alpha value is -3.45. The largest absolute Gasteiger partial charge is 0.496 e. The number of para-hydroxylation sites is 1. The number of hydrogen-bond donors (Lipinski definition) is 2. The van der Waals surface area contributed by atoms with Gasteiger partial charge in [0.25, 0.3) is 5.91 Å². The first-order valence-electron chi connectivity index (χ1n) is 10.8. The molecule has 0 spiro atoms. The number of carbonyl (C=O) groups excluding carboxylic acids is 1. The number of carbonyl (C=O) groups is 1. The van der Waals surface area contributed by atoms with Crippen LogP contribution in [0, 0.1) is 6.92 Å². The van der Waals surface area contributed by atoms with Crippen LogP contribution in [0.2, 0.25) is 0 Å². The predicted molar refractivity (Wildman–Crippen MR) is 124 cm³/mol. The summed E-state index contributed by atoms with van der Waals surface area (Å²) in [6.07, 6.45) is 1.76. The van der Waals surface area contributed by atoms with E-state index in [1.165, 1.54) is 11.1 Å². The van der Waals surface area contributed by atoms with Crippen molar-refractivity contribution in [3.63, 3.8) is 0 Å². The van der Waals surface area contributed by atoms with Crippen molar-refractivity contribution in [3.8, 4) is 5.75 Å². The topological polar surface area (TPSA) is 85.4 Å². The molecular formula is C25H28N4O3. The van der Waals surface area contributed by atoms with Gasteiger partial charge in [0.15, 0.2) is 5.69 Å². The number of benzene rings is 2. The summed E-state index contributed by atoms with van der Waals surface area (Å²) >= 11 is 0. The molecular weight excluding hydrogens is 404 g/mol. The van der Waals surface area contributed by atoms with Gasteiger partial charge in [-0.2, -0.15) is 0 Å². The minimum absolute atomic E-state index is 0.138. The molecule has 1 aliphatic heterocycles. The van der Waals surface area contributed by atoms with Crippen molar-refractivity contribution < 1.29 is 14.3 Å². The highest BCUT2D eigenvalue weighted by Gasteiger charge is 2.37. The minimum Gasteiger partial charge on any atom is -0.496 e. The zero-order valence-corrected chi connectivity index (χ0v) is 18.4. The van der Waals surface area contributed by atoms with Crippen LogP contribution in [0.1, 0.15) is 34.5 Å². The number of anilines is 2. The van der Waals surface area contributed by atoms with Crippen LogP contribution >= 0.6 is 0 Å². The number of aryl methyl sites for hydroxylation is 1. The average Bonchev–Trinajstić information content (AvgIpc) is 2.84. The summed E-state index contributed by atoms with van der Waals surface area (Å²) in [5.41, 5.74) is 3.22. The standard InChI is InChI=1S/C25H28N4O3/c1-18-8-10-22(31-2)20(16-18)25(12-14-32-15-13-25)17-26-23-11-9-21(28-29-23)24(30)27-19-6-4-3-5-7-19/h3-11,16H,12-15,17H2,1-2H3,(H,26,29)(H,27,30). The number of rotatable bonds is 7. The summed E-state index contributed by atoms with van der Waals surface area (Å²) < 4.78 is 11.3. The summed E-state index contributed by atoms with van der Waals surface area (Å²) in [6, 6.07) is 19.0. The van der Waals surface area contributed by atoms with E-state index in [-0.39, 0.29) is 17.0 Å². The van der Waals surface area contributed by atoms with Gasteiger partial charge in [0.1, 0.15) is 11.6 Å². The second-order valence-corrected chi connectivity index (χ2v) is 8.07. The van der Waals surface area contributed by atoms with Gasteiger partial charge < -0.3 is 20.1 Å². The molecule has 32 heavy (non-hydrogen) atoms. The van der Waals surface area contributed by atoms with Crippen LogP contribution in [0.25, 0.3) is 0 Å². The molecule has 1 aromatic heterocycles. The SMILES string of the molecule is COc1ccc(C)cc1C1(CNc2ccc(C(=O)Nc3ccccc3)nn2)CCOCC1. The lowest BCUT2D eigenvalue weighted by molar-refractivity contribution is 0.0535. The molecule has 0 radical (unpaired) electrons. The summed E-state index contributed by atoms with van der Waals surface area (Å²) in [5, 5.41) is 14.6. The molecule has 0 unspecified atom stereocenters. The first-order valence-corrected chi connectivity index (χ1v) is 10.8. The molecule has 2 heterocycles. The Balaban J connectivity index is 1.48. The van der Waals surface area contributed by atoms with Gasteiger partial charge in [-0.15, -0.1) is 10.2 Å². The average molecular weight is 433 g/mol. The van der Waals surface area contributed by atoms with Crippen molar-refractivity contribution in [1.29, 1.82) is 0 Å². The number of hydrogen-bond acceptors (Lipinski definition) is 6. The lowest BCUT2D eigenvalue weighted by Crippen LogP contribution is -2.40. The second kappa shape index (κ2) is 9.78. The Morgan fingerprint density at radius 2 is 1.84 bits per heavy atom. The number of nitrogens with zero attached hydrogens (tertiary/aromatic N) is 2. The van der Waals surface area contributed by atoms with Gasteiger partial charge in [0, 0.05) is 36.4 Å². The first-order chi connectivity index (χ1) is 15.6. The van der Waals surface area contributed by atoms with E-state index in [0.717, 1.165) is 24.3 Å². The van der Waals surface area contributed by atoms with Crippen molar-refractivity contribution in [2.75, 3.05) is 37.5 Å². The van der Waals surface area contributed by atoms with E-state index < -0.39 is 0 Å². The minimum atomic E-state index is -0.291. The van der Waals surface area contributed by atoms with Gasteiger partial charge in [0.2, 0.25) is 0 Å². The van der Waals surface area contributed by atoms with E-state index >= 15 is 0 Å². The fraction of sp³-hybridized carbons (Fsp3) is 0.320. The van der Waals surface area contributed by atoms with Gasteiger partial charge in [0.05, 0.1) is 7.11 Å². The molecule has 4 rings (SSSR count).